The summed E-state index contributed by atoms with van der Waals surface area (Å²) in [4.78, 5) is 9.86. The number of pyridine rings is 1. The Balaban J connectivity index is 2.15. The molecule has 0 unspecified atom stereocenters. The Hall–Kier alpha value is -1.13. The molecular formula is C17H30N4. The number of aromatic nitrogens is 1. The number of piperazine rings is 1. The molecule has 0 radical (unpaired) electrons. The first-order chi connectivity index (χ1) is 10.0. The van der Waals surface area contributed by atoms with Crippen LogP contribution in [0.25, 0.3) is 0 Å². The van der Waals surface area contributed by atoms with E-state index in [-0.39, 0.29) is 0 Å². The summed E-state index contributed by atoms with van der Waals surface area (Å²) < 4.78 is 0. The predicted octanol–water partition coefficient (Wildman–Crippen LogP) is 2.45. The van der Waals surface area contributed by atoms with Gasteiger partial charge in [-0.2, -0.15) is 0 Å². The topological polar surface area (TPSA) is 31.4 Å². The average Bonchev–Trinajstić information content (AvgIpc) is 2.47. The molecule has 1 N–H and O–H groups in total. The zero-order valence-electron chi connectivity index (χ0n) is 14.2. The van der Waals surface area contributed by atoms with Crippen LogP contribution in [-0.4, -0.2) is 49.2 Å². The van der Waals surface area contributed by atoms with Gasteiger partial charge in [0.1, 0.15) is 5.82 Å². The second-order valence-electron chi connectivity index (χ2n) is 6.56. The van der Waals surface area contributed by atoms with Crippen LogP contribution in [-0.2, 0) is 6.54 Å². The molecule has 118 valence electrons. The fourth-order valence-electron chi connectivity index (χ4n) is 2.83. The van der Waals surface area contributed by atoms with Gasteiger partial charge < -0.3 is 10.2 Å². The van der Waals surface area contributed by atoms with Crippen molar-refractivity contribution in [2.75, 3.05) is 38.1 Å². The zero-order valence-corrected chi connectivity index (χ0v) is 14.2. The lowest BCUT2D eigenvalue weighted by atomic mass is 10.1. The van der Waals surface area contributed by atoms with E-state index in [4.69, 9.17) is 4.98 Å². The number of nitrogens with one attached hydrogen (secondary N) is 1. The highest BCUT2D eigenvalue weighted by atomic mass is 15.3. The molecule has 1 aliphatic rings. The molecule has 0 saturated carbocycles. The Bertz CT molecular complexity index is 448. The van der Waals surface area contributed by atoms with E-state index in [1.54, 1.807) is 0 Å². The fourth-order valence-corrected chi connectivity index (χ4v) is 2.83. The van der Waals surface area contributed by atoms with E-state index < -0.39 is 0 Å². The third-order valence-electron chi connectivity index (χ3n) is 4.23. The van der Waals surface area contributed by atoms with Crippen molar-refractivity contribution in [3.8, 4) is 0 Å². The van der Waals surface area contributed by atoms with E-state index in [1.807, 2.05) is 7.05 Å². The van der Waals surface area contributed by atoms with Gasteiger partial charge in [0, 0.05) is 44.5 Å². The second-order valence-corrected chi connectivity index (χ2v) is 6.56. The van der Waals surface area contributed by atoms with E-state index in [2.05, 4.69) is 54.9 Å². The lowest BCUT2D eigenvalue weighted by molar-refractivity contribution is 0.209. The molecule has 4 heteroatoms. The Morgan fingerprint density at radius 1 is 1.10 bits per heavy atom. The van der Waals surface area contributed by atoms with Crippen molar-refractivity contribution < 1.29 is 0 Å². The minimum atomic E-state index is 0.470. The molecule has 2 heterocycles. The second kappa shape index (κ2) is 7.23. The molecule has 0 amide bonds. The number of hydrogen-bond acceptors (Lipinski definition) is 4. The van der Waals surface area contributed by atoms with E-state index in [0.29, 0.717) is 12.0 Å². The molecule has 1 aromatic heterocycles. The molecule has 1 aliphatic heterocycles. The monoisotopic (exact) mass is 290 g/mol. The molecule has 4 nitrogen and oxygen atoms in total. The highest BCUT2D eigenvalue weighted by molar-refractivity contribution is 5.44. The van der Waals surface area contributed by atoms with Gasteiger partial charge in [0.2, 0.25) is 0 Å². The van der Waals surface area contributed by atoms with Crippen LogP contribution in [0.15, 0.2) is 12.1 Å². The highest BCUT2D eigenvalue weighted by Gasteiger charge is 2.20. The van der Waals surface area contributed by atoms with E-state index in [0.717, 1.165) is 38.5 Å². The van der Waals surface area contributed by atoms with Crippen molar-refractivity contribution in [3.05, 3.63) is 23.4 Å². The van der Waals surface area contributed by atoms with Crippen LogP contribution >= 0.6 is 0 Å². The van der Waals surface area contributed by atoms with Crippen molar-refractivity contribution >= 4 is 5.82 Å². The summed E-state index contributed by atoms with van der Waals surface area (Å²) in [6.07, 6.45) is 0. The smallest absolute Gasteiger partial charge is 0.129 e. The van der Waals surface area contributed by atoms with Gasteiger partial charge in [-0.05, 0) is 44.5 Å². The van der Waals surface area contributed by atoms with Gasteiger partial charge in [-0.15, -0.1) is 0 Å². The number of hydrogen-bond donors (Lipinski definition) is 1. The lowest BCUT2D eigenvalue weighted by Crippen LogP contribution is -2.49. The van der Waals surface area contributed by atoms with Crippen molar-refractivity contribution in [3.63, 3.8) is 0 Å². The van der Waals surface area contributed by atoms with Crippen LogP contribution in [0.3, 0.4) is 0 Å². The zero-order chi connectivity index (χ0) is 15.4. The molecule has 0 aliphatic carbocycles. The standard InChI is InChI=1S/C17H30N4/c1-13(2)16-10-15(12-18-5)11-17(19-16)21-8-6-20(7-9-21)14(3)4/h10-11,13-14,18H,6-9,12H2,1-5H3. The molecule has 21 heavy (non-hydrogen) atoms. The molecule has 0 spiro atoms. The third-order valence-corrected chi connectivity index (χ3v) is 4.23. The molecule has 2 rings (SSSR count). The summed E-state index contributed by atoms with van der Waals surface area (Å²) in [7, 11) is 2.00. The van der Waals surface area contributed by atoms with E-state index >= 15 is 0 Å². The van der Waals surface area contributed by atoms with Gasteiger partial charge in [0.05, 0.1) is 0 Å². The summed E-state index contributed by atoms with van der Waals surface area (Å²) in [6, 6.07) is 5.12. The maximum atomic E-state index is 4.89. The molecule has 0 atom stereocenters. The van der Waals surface area contributed by atoms with Crippen molar-refractivity contribution in [1.29, 1.82) is 0 Å². The van der Waals surface area contributed by atoms with Crippen molar-refractivity contribution in [2.45, 2.75) is 46.2 Å². The van der Waals surface area contributed by atoms with Crippen LogP contribution in [0, 0.1) is 0 Å². The van der Waals surface area contributed by atoms with Crippen LogP contribution in [0.1, 0.15) is 44.9 Å². The normalized spacial score (nSPS) is 17.0. The number of nitrogens with zero attached hydrogens (tertiary/aromatic N) is 3. The minimum Gasteiger partial charge on any atom is -0.354 e. The fraction of sp³-hybridized carbons (Fsp3) is 0.706. The van der Waals surface area contributed by atoms with Gasteiger partial charge >= 0.3 is 0 Å². The maximum Gasteiger partial charge on any atom is 0.129 e. The largest absolute Gasteiger partial charge is 0.354 e. The van der Waals surface area contributed by atoms with Crippen molar-refractivity contribution in [1.82, 2.24) is 15.2 Å². The minimum absolute atomic E-state index is 0.470. The van der Waals surface area contributed by atoms with Gasteiger partial charge in [-0.25, -0.2) is 4.98 Å². The predicted molar refractivity (Wildman–Crippen MR) is 90.0 cm³/mol. The van der Waals surface area contributed by atoms with Crippen LogP contribution < -0.4 is 10.2 Å². The van der Waals surface area contributed by atoms with Crippen LogP contribution in [0.5, 0.6) is 0 Å². The maximum absolute atomic E-state index is 4.89. The first-order valence-electron chi connectivity index (χ1n) is 8.15. The van der Waals surface area contributed by atoms with Crippen molar-refractivity contribution in [2.24, 2.45) is 0 Å². The summed E-state index contributed by atoms with van der Waals surface area (Å²) in [6.45, 7) is 14.3. The first kappa shape index (κ1) is 16.2. The highest BCUT2D eigenvalue weighted by Crippen LogP contribution is 2.21. The van der Waals surface area contributed by atoms with Crippen LogP contribution in [0.2, 0.25) is 0 Å². The van der Waals surface area contributed by atoms with Gasteiger partial charge in [0.25, 0.3) is 0 Å². The Morgan fingerprint density at radius 2 is 1.76 bits per heavy atom. The van der Waals surface area contributed by atoms with Crippen LogP contribution in [0.4, 0.5) is 5.82 Å². The van der Waals surface area contributed by atoms with E-state index in [1.165, 1.54) is 11.3 Å². The van der Waals surface area contributed by atoms with Gasteiger partial charge in [0.15, 0.2) is 0 Å². The SMILES string of the molecule is CNCc1cc(C(C)C)nc(N2CCN(C(C)C)CC2)c1. The number of anilines is 1. The Morgan fingerprint density at radius 3 is 2.29 bits per heavy atom. The summed E-state index contributed by atoms with van der Waals surface area (Å²) >= 11 is 0. The Kier molecular flexibility index (Phi) is 5.59. The van der Waals surface area contributed by atoms with Gasteiger partial charge in [-0.3, -0.25) is 4.90 Å². The molecule has 1 aromatic rings. The molecule has 0 bridgehead atoms. The first-order valence-corrected chi connectivity index (χ1v) is 8.15. The summed E-state index contributed by atoms with van der Waals surface area (Å²) in [5.41, 5.74) is 2.53. The third kappa shape index (κ3) is 4.17. The summed E-state index contributed by atoms with van der Waals surface area (Å²) in [5, 5.41) is 3.25. The molecule has 0 aromatic carbocycles. The quantitative estimate of drug-likeness (QED) is 0.902. The lowest BCUT2D eigenvalue weighted by Gasteiger charge is -2.37. The molecular weight excluding hydrogens is 260 g/mol. The number of rotatable bonds is 5. The average molecular weight is 290 g/mol. The summed E-state index contributed by atoms with van der Waals surface area (Å²) in [5.74, 6) is 1.62. The van der Waals surface area contributed by atoms with E-state index in [9.17, 15) is 0 Å². The Labute approximate surface area is 129 Å². The van der Waals surface area contributed by atoms with Gasteiger partial charge in [-0.1, -0.05) is 13.8 Å². The molecule has 1 fully saturated rings. The molecule has 1 saturated heterocycles.